The molecule has 4 rings (SSSR count). The third kappa shape index (κ3) is 4.80. The minimum atomic E-state index is -2.59. The first-order valence-electron chi connectivity index (χ1n) is 9.86. The number of benzene rings is 2. The normalized spacial score (nSPS) is 12.3. The van der Waals surface area contributed by atoms with E-state index >= 15 is 0 Å². The Labute approximate surface area is 183 Å². The van der Waals surface area contributed by atoms with Crippen LogP contribution in [0.2, 0.25) is 5.02 Å². The van der Waals surface area contributed by atoms with Crippen LogP contribution in [-0.4, -0.2) is 23.0 Å². The monoisotopic (exact) mass is 442 g/mol. The van der Waals surface area contributed by atoms with Crippen LogP contribution in [0.3, 0.4) is 0 Å². The first-order valence-corrected chi connectivity index (χ1v) is 10.2. The van der Waals surface area contributed by atoms with Crippen molar-refractivity contribution in [2.24, 2.45) is 0 Å². The third-order valence-corrected chi connectivity index (χ3v) is 5.34. The van der Waals surface area contributed by atoms with Crippen LogP contribution in [-0.2, 0) is 6.61 Å². The fourth-order valence-electron chi connectivity index (χ4n) is 3.53. The molecule has 2 aromatic heterocycles. The second kappa shape index (κ2) is 9.35. The van der Waals surface area contributed by atoms with Crippen LogP contribution in [0, 0.1) is 0 Å². The predicted molar refractivity (Wildman–Crippen MR) is 117 cm³/mol. The Bertz CT molecular complexity index is 1160. The number of nitrogens with one attached hydrogen (secondary N) is 1. The lowest BCUT2D eigenvalue weighted by Gasteiger charge is -2.20. The van der Waals surface area contributed by atoms with Gasteiger partial charge in [-0.25, -0.2) is 13.8 Å². The molecule has 4 nitrogen and oxygen atoms in total. The molecule has 0 aliphatic carbocycles. The smallest absolute Gasteiger partial charge is 0.272 e. The molecule has 1 N–H and O–H groups in total. The molecule has 31 heavy (non-hydrogen) atoms. The van der Waals surface area contributed by atoms with Crippen LogP contribution < -0.4 is 9.47 Å². The number of hydrogen-bond donors (Lipinski definition) is 1. The lowest BCUT2D eigenvalue weighted by molar-refractivity contribution is 0.0791. The average molecular weight is 443 g/mol. The summed E-state index contributed by atoms with van der Waals surface area (Å²) >= 11 is 5.93. The Morgan fingerprint density at radius 2 is 1.81 bits per heavy atom. The minimum absolute atomic E-state index is 0.135. The maximum absolute atomic E-state index is 13.0. The number of aromatic nitrogens is 2. The number of ether oxygens (including phenoxy) is 2. The van der Waals surface area contributed by atoms with E-state index < -0.39 is 13.0 Å². The molecule has 0 amide bonds. The van der Waals surface area contributed by atoms with Crippen LogP contribution in [0.15, 0.2) is 67.0 Å². The highest BCUT2D eigenvalue weighted by molar-refractivity contribution is 6.30. The molecule has 0 saturated carbocycles. The van der Waals surface area contributed by atoms with Gasteiger partial charge in [-0.2, -0.15) is 0 Å². The molecular weight excluding hydrogens is 422 g/mol. The number of halogens is 3. The van der Waals surface area contributed by atoms with Crippen LogP contribution >= 0.6 is 11.6 Å². The molecule has 0 radical (unpaired) electrons. The number of rotatable bonds is 8. The zero-order valence-electron chi connectivity index (χ0n) is 16.8. The number of fused-ring (bicyclic) bond motifs is 1. The van der Waals surface area contributed by atoms with Gasteiger partial charge in [0.25, 0.3) is 6.43 Å². The predicted octanol–water partition coefficient (Wildman–Crippen LogP) is 6.59. The molecule has 0 aliphatic heterocycles. The Kier molecular flexibility index (Phi) is 6.37. The van der Waals surface area contributed by atoms with E-state index in [2.05, 4.69) is 9.97 Å². The topological polar surface area (TPSA) is 47.1 Å². The molecule has 4 aromatic rings. The van der Waals surface area contributed by atoms with Crippen LogP contribution in [0.25, 0.3) is 11.0 Å². The minimum Gasteiger partial charge on any atom is -0.485 e. The molecule has 2 heterocycles. The largest absolute Gasteiger partial charge is 0.485 e. The highest BCUT2D eigenvalue weighted by Crippen LogP contribution is 2.40. The number of H-pyrrole nitrogens is 1. The van der Waals surface area contributed by atoms with Crippen LogP contribution in [0.5, 0.6) is 11.5 Å². The van der Waals surface area contributed by atoms with Crippen molar-refractivity contribution in [3.05, 3.63) is 88.7 Å². The number of nitrogens with zero attached hydrogens (tertiary/aromatic N) is 1. The van der Waals surface area contributed by atoms with Gasteiger partial charge in [0.05, 0.1) is 0 Å². The second-order valence-electron chi connectivity index (χ2n) is 7.16. The zero-order chi connectivity index (χ0) is 21.8. The average Bonchev–Trinajstić information content (AvgIpc) is 3.21. The summed E-state index contributed by atoms with van der Waals surface area (Å²) in [7, 11) is 0. The highest BCUT2D eigenvalue weighted by atomic mass is 35.5. The number of para-hydroxylation sites is 1. The van der Waals surface area contributed by atoms with E-state index in [0.717, 1.165) is 27.7 Å². The van der Waals surface area contributed by atoms with Gasteiger partial charge in [0.15, 0.2) is 11.5 Å². The number of aromatic amines is 1. The van der Waals surface area contributed by atoms with E-state index in [0.29, 0.717) is 16.5 Å². The Morgan fingerprint density at radius 3 is 2.58 bits per heavy atom. The molecule has 160 valence electrons. The van der Waals surface area contributed by atoms with E-state index in [1.54, 1.807) is 24.4 Å². The summed E-state index contributed by atoms with van der Waals surface area (Å²) in [4.78, 5) is 7.49. The molecule has 7 heteroatoms. The second-order valence-corrected chi connectivity index (χ2v) is 7.59. The number of pyridine rings is 1. The molecule has 0 bridgehead atoms. The van der Waals surface area contributed by atoms with Gasteiger partial charge < -0.3 is 14.5 Å². The lowest BCUT2D eigenvalue weighted by atomic mass is 9.92. The van der Waals surface area contributed by atoms with Crippen LogP contribution in [0.4, 0.5) is 8.78 Å². The fourth-order valence-corrected chi connectivity index (χ4v) is 3.66. The van der Waals surface area contributed by atoms with Crippen molar-refractivity contribution >= 4 is 22.6 Å². The first-order chi connectivity index (χ1) is 15.0. The van der Waals surface area contributed by atoms with E-state index in [1.807, 2.05) is 49.5 Å². The van der Waals surface area contributed by atoms with Crippen molar-refractivity contribution in [2.75, 3.05) is 6.61 Å². The Balaban J connectivity index is 1.67. The number of alkyl halides is 2. The van der Waals surface area contributed by atoms with Crippen LogP contribution in [0.1, 0.15) is 29.5 Å². The maximum Gasteiger partial charge on any atom is 0.272 e. The molecule has 0 saturated heterocycles. The molecular formula is C24H21ClF2N2O2. The van der Waals surface area contributed by atoms with Gasteiger partial charge in [-0.3, -0.25) is 0 Å². The van der Waals surface area contributed by atoms with Crippen molar-refractivity contribution in [3.8, 4) is 11.5 Å². The van der Waals surface area contributed by atoms with Crippen molar-refractivity contribution < 1.29 is 18.3 Å². The Morgan fingerprint density at radius 1 is 1.00 bits per heavy atom. The summed E-state index contributed by atoms with van der Waals surface area (Å²) < 4.78 is 37.4. The van der Waals surface area contributed by atoms with Crippen molar-refractivity contribution in [1.82, 2.24) is 9.97 Å². The summed E-state index contributed by atoms with van der Waals surface area (Å²) in [5.41, 5.74) is 3.44. The van der Waals surface area contributed by atoms with E-state index in [1.165, 1.54) is 0 Å². The summed E-state index contributed by atoms with van der Waals surface area (Å²) in [5.74, 6) is 0.602. The summed E-state index contributed by atoms with van der Waals surface area (Å²) in [6.45, 7) is 1.55. The standard InChI is InChI=1S/C24H21ClF2N2O2/c1-15(20-12-29-24-19(20)5-3-11-28-24)18-4-2-6-21(23(18)31-14-22(26)27)30-13-16-7-9-17(25)10-8-16/h2-12,15,22H,13-14H2,1H3,(H,28,29). The van der Waals surface area contributed by atoms with Gasteiger partial charge in [-0.1, -0.05) is 42.8 Å². The van der Waals surface area contributed by atoms with Gasteiger partial charge in [0, 0.05) is 34.3 Å². The van der Waals surface area contributed by atoms with Crippen molar-refractivity contribution in [3.63, 3.8) is 0 Å². The quantitative estimate of drug-likeness (QED) is 0.335. The van der Waals surface area contributed by atoms with E-state index in [-0.39, 0.29) is 12.5 Å². The lowest BCUT2D eigenvalue weighted by Crippen LogP contribution is -2.11. The molecule has 1 unspecified atom stereocenters. The summed E-state index contributed by atoms with van der Waals surface area (Å²) in [6, 6.07) is 16.5. The van der Waals surface area contributed by atoms with Gasteiger partial charge in [0.1, 0.15) is 18.9 Å². The molecule has 2 aromatic carbocycles. The maximum atomic E-state index is 13.0. The zero-order valence-corrected chi connectivity index (χ0v) is 17.6. The number of hydrogen-bond acceptors (Lipinski definition) is 3. The van der Waals surface area contributed by atoms with Gasteiger partial charge >= 0.3 is 0 Å². The summed E-state index contributed by atoms with van der Waals surface area (Å²) in [5, 5.41) is 1.61. The Hall–Kier alpha value is -3.12. The van der Waals surface area contributed by atoms with Crippen molar-refractivity contribution in [2.45, 2.75) is 25.9 Å². The first kappa shape index (κ1) is 21.1. The third-order valence-electron chi connectivity index (χ3n) is 5.09. The molecule has 1 atom stereocenters. The summed E-state index contributed by atoms with van der Waals surface area (Å²) in [6.07, 6.45) is 1.01. The van der Waals surface area contributed by atoms with Crippen molar-refractivity contribution in [1.29, 1.82) is 0 Å². The van der Waals surface area contributed by atoms with E-state index in [4.69, 9.17) is 21.1 Å². The molecule has 0 aliphatic rings. The fraction of sp³-hybridized carbons (Fsp3) is 0.208. The van der Waals surface area contributed by atoms with E-state index in [9.17, 15) is 8.78 Å². The van der Waals surface area contributed by atoms with Gasteiger partial charge in [0.2, 0.25) is 0 Å². The van der Waals surface area contributed by atoms with Gasteiger partial charge in [-0.05, 0) is 41.5 Å². The molecule has 0 spiro atoms. The highest BCUT2D eigenvalue weighted by Gasteiger charge is 2.21. The molecule has 0 fully saturated rings. The SMILES string of the molecule is CC(c1cccc(OCc2ccc(Cl)cc2)c1OCC(F)F)c1c[nH]c2ncccc12. The van der Waals surface area contributed by atoms with Gasteiger partial charge in [-0.15, -0.1) is 0 Å².